The first-order chi connectivity index (χ1) is 13.9. The minimum atomic E-state index is -0.799. The fourth-order valence-corrected chi connectivity index (χ4v) is 3.76. The Kier molecular flexibility index (Phi) is 8.21. The average Bonchev–Trinajstić information content (AvgIpc) is 2.77. The smallest absolute Gasteiger partial charge is 0.312 e. The summed E-state index contributed by atoms with van der Waals surface area (Å²) >= 11 is 0. The minimum Gasteiger partial charge on any atom is -0.469 e. The van der Waals surface area contributed by atoms with Gasteiger partial charge in [0.1, 0.15) is 5.82 Å². The largest absolute Gasteiger partial charge is 0.469 e. The molecule has 1 saturated heterocycles. The summed E-state index contributed by atoms with van der Waals surface area (Å²) in [6, 6.07) is 14.6. The highest BCUT2D eigenvalue weighted by Crippen LogP contribution is 2.42. The second-order valence-corrected chi connectivity index (χ2v) is 7.39. The third-order valence-electron chi connectivity index (χ3n) is 5.24. The first kappa shape index (κ1) is 22.9. The normalized spacial score (nSPS) is 15.2. The van der Waals surface area contributed by atoms with Gasteiger partial charge in [-0.15, -0.1) is 0 Å². The zero-order valence-corrected chi connectivity index (χ0v) is 18.1. The SMILES string of the molecule is CC.COC(=O)C(C)(C)C(c1ccc(F)cc1)c1ccc(N2CCOCC2)cc1. The summed E-state index contributed by atoms with van der Waals surface area (Å²) in [6.45, 7) is 10.9. The molecule has 0 aliphatic carbocycles. The van der Waals surface area contributed by atoms with Crippen LogP contribution in [0, 0.1) is 11.2 Å². The Morgan fingerprint density at radius 1 is 1.00 bits per heavy atom. The van der Waals surface area contributed by atoms with Crippen molar-refractivity contribution >= 4 is 11.7 Å². The predicted molar refractivity (Wildman–Crippen MR) is 115 cm³/mol. The van der Waals surface area contributed by atoms with Crippen LogP contribution >= 0.6 is 0 Å². The lowest BCUT2D eigenvalue weighted by molar-refractivity contribution is -0.151. The van der Waals surface area contributed by atoms with E-state index in [0.717, 1.165) is 43.1 Å². The number of methoxy groups -OCH3 is 1. The summed E-state index contributed by atoms with van der Waals surface area (Å²) in [7, 11) is 1.40. The average molecular weight is 402 g/mol. The monoisotopic (exact) mass is 401 g/mol. The quantitative estimate of drug-likeness (QED) is 0.660. The van der Waals surface area contributed by atoms with E-state index in [1.54, 1.807) is 12.1 Å². The van der Waals surface area contributed by atoms with Crippen LogP contribution in [0.5, 0.6) is 0 Å². The molecule has 5 heteroatoms. The summed E-state index contributed by atoms with van der Waals surface area (Å²) in [5.41, 5.74) is 2.21. The number of benzene rings is 2. The van der Waals surface area contributed by atoms with Crippen LogP contribution in [0.1, 0.15) is 44.7 Å². The van der Waals surface area contributed by atoms with Crippen molar-refractivity contribution in [3.63, 3.8) is 0 Å². The van der Waals surface area contributed by atoms with Crippen LogP contribution in [0.25, 0.3) is 0 Å². The molecule has 0 radical (unpaired) electrons. The first-order valence-electron chi connectivity index (χ1n) is 10.2. The minimum absolute atomic E-state index is 0.246. The molecule has 29 heavy (non-hydrogen) atoms. The number of morpholine rings is 1. The van der Waals surface area contributed by atoms with E-state index >= 15 is 0 Å². The van der Waals surface area contributed by atoms with Crippen LogP contribution in [-0.4, -0.2) is 39.4 Å². The van der Waals surface area contributed by atoms with Crippen LogP contribution in [0.3, 0.4) is 0 Å². The molecule has 1 unspecified atom stereocenters. The van der Waals surface area contributed by atoms with Gasteiger partial charge in [0, 0.05) is 24.7 Å². The molecule has 0 bridgehead atoms. The zero-order valence-electron chi connectivity index (χ0n) is 18.1. The van der Waals surface area contributed by atoms with Crippen molar-refractivity contribution in [3.05, 3.63) is 65.5 Å². The third-order valence-corrected chi connectivity index (χ3v) is 5.24. The van der Waals surface area contributed by atoms with Gasteiger partial charge in [-0.2, -0.15) is 0 Å². The highest BCUT2D eigenvalue weighted by molar-refractivity contribution is 5.78. The van der Waals surface area contributed by atoms with Crippen LogP contribution in [0.2, 0.25) is 0 Å². The van der Waals surface area contributed by atoms with E-state index in [0.29, 0.717) is 0 Å². The van der Waals surface area contributed by atoms with Crippen molar-refractivity contribution < 1.29 is 18.7 Å². The molecule has 1 aliphatic heterocycles. The molecule has 1 atom stereocenters. The van der Waals surface area contributed by atoms with Gasteiger partial charge in [-0.3, -0.25) is 4.79 Å². The maximum atomic E-state index is 13.4. The van der Waals surface area contributed by atoms with Crippen LogP contribution in [0.4, 0.5) is 10.1 Å². The van der Waals surface area contributed by atoms with Crippen molar-refractivity contribution in [1.82, 2.24) is 0 Å². The molecule has 1 heterocycles. The predicted octanol–water partition coefficient (Wildman–Crippen LogP) is 5.02. The molecular formula is C24H32FNO3. The lowest BCUT2D eigenvalue weighted by atomic mass is 9.71. The number of ether oxygens (including phenoxy) is 2. The number of carbonyl (C=O) groups is 1. The summed E-state index contributed by atoms with van der Waals surface area (Å²) in [6.07, 6.45) is 0. The second-order valence-electron chi connectivity index (χ2n) is 7.39. The number of esters is 1. The molecule has 4 nitrogen and oxygen atoms in total. The van der Waals surface area contributed by atoms with Gasteiger partial charge in [0.05, 0.1) is 25.7 Å². The number of nitrogens with zero attached hydrogens (tertiary/aromatic N) is 1. The maximum absolute atomic E-state index is 13.4. The Balaban J connectivity index is 0.00000145. The van der Waals surface area contributed by atoms with Gasteiger partial charge in [0.15, 0.2) is 0 Å². The molecule has 1 fully saturated rings. The van der Waals surface area contributed by atoms with Crippen LogP contribution < -0.4 is 4.90 Å². The standard InChI is InChI=1S/C22H26FNO3.C2H6/c1-22(2,21(25)26-3)20(16-4-8-18(23)9-5-16)17-6-10-19(11-7-17)24-12-14-27-15-13-24;1-2/h4-11,20H,12-15H2,1-3H3;1-2H3. The highest BCUT2D eigenvalue weighted by Gasteiger charge is 2.40. The number of rotatable bonds is 5. The molecule has 0 N–H and O–H groups in total. The molecule has 1 aliphatic rings. The second kappa shape index (κ2) is 10.4. The number of hydrogen-bond donors (Lipinski definition) is 0. The molecule has 0 spiro atoms. The molecular weight excluding hydrogens is 369 g/mol. The van der Waals surface area contributed by atoms with E-state index in [-0.39, 0.29) is 17.7 Å². The van der Waals surface area contributed by atoms with Gasteiger partial charge in [-0.1, -0.05) is 38.1 Å². The Labute approximate surface area is 173 Å². The van der Waals surface area contributed by atoms with E-state index in [9.17, 15) is 9.18 Å². The fraction of sp³-hybridized carbons (Fsp3) is 0.458. The Hall–Kier alpha value is -2.40. The van der Waals surface area contributed by atoms with Crippen molar-refractivity contribution in [2.75, 3.05) is 38.3 Å². The van der Waals surface area contributed by atoms with E-state index in [2.05, 4.69) is 17.0 Å². The molecule has 0 aromatic heterocycles. The van der Waals surface area contributed by atoms with E-state index in [1.165, 1.54) is 19.2 Å². The van der Waals surface area contributed by atoms with Gasteiger partial charge < -0.3 is 14.4 Å². The topological polar surface area (TPSA) is 38.8 Å². The van der Waals surface area contributed by atoms with E-state index in [1.807, 2.05) is 39.8 Å². The van der Waals surface area contributed by atoms with E-state index in [4.69, 9.17) is 9.47 Å². The van der Waals surface area contributed by atoms with Gasteiger partial charge >= 0.3 is 5.97 Å². The Bertz CT molecular complexity index is 766. The fourth-order valence-electron chi connectivity index (χ4n) is 3.76. The maximum Gasteiger partial charge on any atom is 0.312 e. The zero-order chi connectivity index (χ0) is 21.4. The summed E-state index contributed by atoms with van der Waals surface area (Å²) in [5, 5.41) is 0. The Morgan fingerprint density at radius 3 is 1.97 bits per heavy atom. The van der Waals surface area contributed by atoms with Gasteiger partial charge in [-0.05, 0) is 49.2 Å². The van der Waals surface area contributed by atoms with Crippen molar-refractivity contribution in [1.29, 1.82) is 0 Å². The number of halogens is 1. The lowest BCUT2D eigenvalue weighted by Crippen LogP contribution is -2.36. The summed E-state index contributed by atoms with van der Waals surface area (Å²) < 4.78 is 23.9. The first-order valence-corrected chi connectivity index (χ1v) is 10.2. The Morgan fingerprint density at radius 2 is 1.48 bits per heavy atom. The number of anilines is 1. The molecule has 0 amide bonds. The van der Waals surface area contributed by atoms with E-state index < -0.39 is 5.41 Å². The third kappa shape index (κ3) is 5.36. The summed E-state index contributed by atoms with van der Waals surface area (Å²) in [5.74, 6) is -0.839. The number of hydrogen-bond acceptors (Lipinski definition) is 4. The molecule has 2 aromatic rings. The molecule has 0 saturated carbocycles. The van der Waals surface area contributed by atoms with Gasteiger partial charge in [0.25, 0.3) is 0 Å². The van der Waals surface area contributed by atoms with Crippen molar-refractivity contribution in [2.24, 2.45) is 5.41 Å². The van der Waals surface area contributed by atoms with Crippen molar-refractivity contribution in [2.45, 2.75) is 33.6 Å². The summed E-state index contributed by atoms with van der Waals surface area (Å²) in [4.78, 5) is 14.8. The van der Waals surface area contributed by atoms with Crippen LogP contribution in [-0.2, 0) is 14.3 Å². The highest BCUT2D eigenvalue weighted by atomic mass is 19.1. The van der Waals surface area contributed by atoms with Gasteiger partial charge in [0.2, 0.25) is 0 Å². The lowest BCUT2D eigenvalue weighted by Gasteiger charge is -2.33. The molecule has 3 rings (SSSR count). The van der Waals surface area contributed by atoms with Gasteiger partial charge in [-0.25, -0.2) is 4.39 Å². The molecule has 158 valence electrons. The van der Waals surface area contributed by atoms with Crippen molar-refractivity contribution in [3.8, 4) is 0 Å². The molecule has 2 aromatic carbocycles. The number of carbonyl (C=O) groups excluding carboxylic acids is 1. The van der Waals surface area contributed by atoms with Crippen LogP contribution in [0.15, 0.2) is 48.5 Å².